The Hall–Kier alpha value is -2.81. The molecule has 3 rings (SSSR count). The Kier molecular flexibility index (Phi) is 4.99. The van der Waals surface area contributed by atoms with Gasteiger partial charge >= 0.3 is 6.61 Å². The van der Waals surface area contributed by atoms with Gasteiger partial charge in [0.1, 0.15) is 17.1 Å². The van der Waals surface area contributed by atoms with Gasteiger partial charge in [-0.1, -0.05) is 5.16 Å². The zero-order valence-electron chi connectivity index (χ0n) is 14.2. The van der Waals surface area contributed by atoms with Crippen LogP contribution >= 0.6 is 11.3 Å². The SMILES string of the molecule is Cc1noc(C)c1C(=O)Nc1nc(-c2ccc(OC(F)F)cc2)c(C)s1. The molecule has 0 saturated carbocycles. The van der Waals surface area contributed by atoms with E-state index in [9.17, 15) is 13.6 Å². The monoisotopic (exact) mass is 379 g/mol. The number of rotatable bonds is 5. The molecular formula is C17H15F2N3O3S. The number of ether oxygens (including phenoxy) is 1. The second kappa shape index (κ2) is 7.20. The van der Waals surface area contributed by atoms with Crippen molar-refractivity contribution in [3.05, 3.63) is 46.2 Å². The molecule has 2 aromatic heterocycles. The number of aromatic nitrogens is 2. The normalized spacial score (nSPS) is 11.0. The first-order chi connectivity index (χ1) is 12.3. The summed E-state index contributed by atoms with van der Waals surface area (Å²) in [5, 5.41) is 6.93. The van der Waals surface area contributed by atoms with E-state index in [2.05, 4.69) is 20.2 Å². The zero-order valence-corrected chi connectivity index (χ0v) is 15.0. The van der Waals surface area contributed by atoms with Gasteiger partial charge in [-0.15, -0.1) is 11.3 Å². The number of nitrogens with one attached hydrogen (secondary N) is 1. The first-order valence-electron chi connectivity index (χ1n) is 7.62. The number of hydrogen-bond acceptors (Lipinski definition) is 6. The molecular weight excluding hydrogens is 364 g/mol. The maximum absolute atomic E-state index is 12.4. The summed E-state index contributed by atoms with van der Waals surface area (Å²) in [6, 6.07) is 6.17. The summed E-state index contributed by atoms with van der Waals surface area (Å²) in [5.41, 5.74) is 2.28. The molecule has 26 heavy (non-hydrogen) atoms. The van der Waals surface area contributed by atoms with Gasteiger partial charge in [-0.3, -0.25) is 10.1 Å². The van der Waals surface area contributed by atoms with E-state index in [4.69, 9.17) is 4.52 Å². The number of anilines is 1. The first kappa shape index (κ1) is 18.0. The molecule has 1 N–H and O–H groups in total. The van der Waals surface area contributed by atoms with Gasteiger partial charge in [0.25, 0.3) is 5.91 Å². The molecule has 0 aliphatic rings. The minimum atomic E-state index is -2.87. The molecule has 0 spiro atoms. The van der Waals surface area contributed by atoms with Gasteiger partial charge in [-0.2, -0.15) is 8.78 Å². The lowest BCUT2D eigenvalue weighted by atomic mass is 10.1. The number of halogens is 2. The van der Waals surface area contributed by atoms with Crippen LogP contribution in [0.5, 0.6) is 5.75 Å². The minimum absolute atomic E-state index is 0.0727. The van der Waals surface area contributed by atoms with Gasteiger partial charge in [0.15, 0.2) is 5.13 Å². The predicted molar refractivity (Wildman–Crippen MR) is 92.8 cm³/mol. The number of benzene rings is 1. The van der Waals surface area contributed by atoms with Crippen molar-refractivity contribution >= 4 is 22.4 Å². The Morgan fingerprint density at radius 3 is 2.50 bits per heavy atom. The Bertz CT molecular complexity index is 916. The van der Waals surface area contributed by atoms with Gasteiger partial charge in [0, 0.05) is 10.4 Å². The summed E-state index contributed by atoms with van der Waals surface area (Å²) in [6.07, 6.45) is 0. The van der Waals surface area contributed by atoms with Crippen LogP contribution in [0.2, 0.25) is 0 Å². The van der Waals surface area contributed by atoms with E-state index in [0.717, 1.165) is 10.4 Å². The summed E-state index contributed by atoms with van der Waals surface area (Å²) in [4.78, 5) is 17.7. The fraction of sp³-hybridized carbons (Fsp3) is 0.235. The van der Waals surface area contributed by atoms with Crippen molar-refractivity contribution in [2.24, 2.45) is 0 Å². The number of carbonyl (C=O) groups is 1. The summed E-state index contributed by atoms with van der Waals surface area (Å²) >= 11 is 1.32. The maximum Gasteiger partial charge on any atom is 0.387 e. The number of hydrogen-bond donors (Lipinski definition) is 1. The highest BCUT2D eigenvalue weighted by Gasteiger charge is 2.19. The van der Waals surface area contributed by atoms with Crippen LogP contribution in [0.25, 0.3) is 11.3 Å². The van der Waals surface area contributed by atoms with Crippen LogP contribution in [0.1, 0.15) is 26.7 Å². The highest BCUT2D eigenvalue weighted by Crippen LogP contribution is 2.32. The molecule has 0 bridgehead atoms. The quantitative estimate of drug-likeness (QED) is 0.702. The average Bonchev–Trinajstić information content (AvgIpc) is 3.09. The summed E-state index contributed by atoms with van der Waals surface area (Å²) in [7, 11) is 0. The summed E-state index contributed by atoms with van der Waals surface area (Å²) in [5.74, 6) is 0.161. The van der Waals surface area contributed by atoms with Crippen molar-refractivity contribution in [1.29, 1.82) is 0 Å². The Labute approximate surface area is 151 Å². The molecule has 6 nitrogen and oxygen atoms in total. The molecule has 0 saturated heterocycles. The standard InChI is InChI=1S/C17H15F2N3O3S/c1-8-13(9(2)25-22-8)15(23)21-17-20-14(10(3)26-17)11-4-6-12(7-5-11)24-16(18)19/h4-7,16H,1-3H3,(H,20,21,23). The number of alkyl halides is 2. The van der Waals surface area contributed by atoms with Gasteiger partial charge < -0.3 is 9.26 Å². The molecule has 1 aromatic carbocycles. The molecule has 0 unspecified atom stereocenters. The molecule has 136 valence electrons. The lowest BCUT2D eigenvalue weighted by Crippen LogP contribution is -2.13. The van der Waals surface area contributed by atoms with Crippen molar-refractivity contribution in [1.82, 2.24) is 10.1 Å². The lowest BCUT2D eigenvalue weighted by Gasteiger charge is -2.05. The fourth-order valence-corrected chi connectivity index (χ4v) is 3.31. The largest absolute Gasteiger partial charge is 0.435 e. The van der Waals surface area contributed by atoms with Crippen LogP contribution in [0.3, 0.4) is 0 Å². The lowest BCUT2D eigenvalue weighted by molar-refractivity contribution is -0.0498. The van der Waals surface area contributed by atoms with Crippen molar-refractivity contribution in [3.8, 4) is 17.0 Å². The number of nitrogens with zero attached hydrogens (tertiary/aromatic N) is 2. The average molecular weight is 379 g/mol. The molecule has 0 radical (unpaired) electrons. The summed E-state index contributed by atoms with van der Waals surface area (Å²) < 4.78 is 33.8. The smallest absolute Gasteiger partial charge is 0.387 e. The third kappa shape index (κ3) is 3.72. The molecule has 2 heterocycles. The molecule has 0 aliphatic heterocycles. The van der Waals surface area contributed by atoms with E-state index in [1.54, 1.807) is 26.0 Å². The van der Waals surface area contributed by atoms with E-state index in [0.29, 0.717) is 27.8 Å². The van der Waals surface area contributed by atoms with E-state index in [1.807, 2.05) is 6.92 Å². The van der Waals surface area contributed by atoms with E-state index in [1.165, 1.54) is 23.5 Å². The highest BCUT2D eigenvalue weighted by molar-refractivity contribution is 7.16. The van der Waals surface area contributed by atoms with Crippen molar-refractivity contribution in [2.75, 3.05) is 5.32 Å². The van der Waals surface area contributed by atoms with Crippen LogP contribution in [0, 0.1) is 20.8 Å². The Balaban J connectivity index is 1.80. The maximum atomic E-state index is 12.4. The molecule has 0 fully saturated rings. The molecule has 3 aromatic rings. The molecule has 1 amide bonds. The number of thiazole rings is 1. The molecule has 9 heteroatoms. The third-order valence-electron chi connectivity index (χ3n) is 3.63. The number of aryl methyl sites for hydroxylation is 3. The summed E-state index contributed by atoms with van der Waals surface area (Å²) in [6.45, 7) is 2.35. The second-order valence-electron chi connectivity index (χ2n) is 5.48. The van der Waals surface area contributed by atoms with Crippen LogP contribution in [-0.4, -0.2) is 22.7 Å². The van der Waals surface area contributed by atoms with Crippen molar-refractivity contribution in [3.63, 3.8) is 0 Å². The van der Waals surface area contributed by atoms with E-state index in [-0.39, 0.29) is 11.7 Å². The minimum Gasteiger partial charge on any atom is -0.435 e. The van der Waals surface area contributed by atoms with Crippen LogP contribution < -0.4 is 10.1 Å². The van der Waals surface area contributed by atoms with E-state index < -0.39 is 6.61 Å². The van der Waals surface area contributed by atoms with Crippen molar-refractivity contribution < 1.29 is 22.8 Å². The molecule has 0 atom stereocenters. The fourth-order valence-electron chi connectivity index (χ4n) is 2.48. The van der Waals surface area contributed by atoms with Gasteiger partial charge in [-0.05, 0) is 45.0 Å². The second-order valence-corrected chi connectivity index (χ2v) is 6.68. The van der Waals surface area contributed by atoms with Gasteiger partial charge in [-0.25, -0.2) is 4.98 Å². The van der Waals surface area contributed by atoms with Crippen LogP contribution in [0.4, 0.5) is 13.9 Å². The Morgan fingerprint density at radius 2 is 1.92 bits per heavy atom. The Morgan fingerprint density at radius 1 is 1.23 bits per heavy atom. The van der Waals surface area contributed by atoms with E-state index >= 15 is 0 Å². The third-order valence-corrected chi connectivity index (χ3v) is 4.52. The number of amides is 1. The topological polar surface area (TPSA) is 77.3 Å². The predicted octanol–water partition coefficient (Wildman–Crippen LogP) is 4.58. The van der Waals surface area contributed by atoms with Gasteiger partial charge in [0.2, 0.25) is 0 Å². The first-order valence-corrected chi connectivity index (χ1v) is 8.43. The molecule has 0 aliphatic carbocycles. The van der Waals surface area contributed by atoms with Gasteiger partial charge in [0.05, 0.1) is 11.4 Å². The van der Waals surface area contributed by atoms with Crippen LogP contribution in [-0.2, 0) is 0 Å². The number of carbonyl (C=O) groups excluding carboxylic acids is 1. The van der Waals surface area contributed by atoms with Crippen LogP contribution in [0.15, 0.2) is 28.8 Å². The highest BCUT2D eigenvalue weighted by atomic mass is 32.1. The van der Waals surface area contributed by atoms with Crippen molar-refractivity contribution in [2.45, 2.75) is 27.4 Å². The zero-order chi connectivity index (χ0) is 18.8.